The third-order valence-electron chi connectivity index (χ3n) is 9.27. The number of aryl methyl sites for hydroxylation is 2. The fraction of sp³-hybridized carbons (Fsp3) is 0.410. The molecule has 1 atom stereocenters. The Morgan fingerprint density at radius 2 is 1.66 bits per heavy atom. The molecule has 4 aromatic rings. The lowest BCUT2D eigenvalue weighted by Gasteiger charge is -2.25. The van der Waals surface area contributed by atoms with Gasteiger partial charge in [0.1, 0.15) is 5.00 Å². The molecule has 1 aliphatic heterocycles. The second-order valence-corrected chi connectivity index (χ2v) is 14.7. The van der Waals surface area contributed by atoms with Gasteiger partial charge in [0, 0.05) is 16.3 Å². The molecule has 0 bridgehead atoms. The zero-order valence-corrected chi connectivity index (χ0v) is 32.6. The first-order chi connectivity index (χ1) is 25.5. The number of methoxy groups -OCH3 is 1. The smallest absolute Gasteiger partial charge is 0.343 e. The molecule has 3 aromatic heterocycles. The highest BCUT2D eigenvalue weighted by Crippen LogP contribution is 2.40. The third-order valence-corrected chi connectivity index (χ3v) is 11.5. The van der Waals surface area contributed by atoms with Crippen molar-refractivity contribution < 1.29 is 38.1 Å². The summed E-state index contributed by atoms with van der Waals surface area (Å²) in [4.78, 5) is 59.5. The van der Waals surface area contributed by atoms with E-state index in [0.29, 0.717) is 44.3 Å². The van der Waals surface area contributed by atoms with Gasteiger partial charge in [0.15, 0.2) is 22.9 Å². The molecule has 12 nitrogen and oxygen atoms in total. The predicted octanol–water partition coefficient (Wildman–Crippen LogP) is 5.27. The van der Waals surface area contributed by atoms with E-state index in [2.05, 4.69) is 4.57 Å². The first-order valence-electron chi connectivity index (χ1n) is 17.7. The number of thiophene rings is 1. The highest BCUT2D eigenvalue weighted by molar-refractivity contribution is 7.15. The third kappa shape index (κ3) is 7.21. The fourth-order valence-electron chi connectivity index (χ4n) is 6.90. The quantitative estimate of drug-likeness (QED) is 0.140. The van der Waals surface area contributed by atoms with E-state index >= 15 is 0 Å². The minimum absolute atomic E-state index is 0.137. The van der Waals surface area contributed by atoms with E-state index in [0.717, 1.165) is 53.2 Å². The second-order valence-electron chi connectivity index (χ2n) is 12.6. The van der Waals surface area contributed by atoms with E-state index in [9.17, 15) is 19.2 Å². The maximum atomic E-state index is 14.5. The molecule has 0 spiro atoms. The van der Waals surface area contributed by atoms with Crippen LogP contribution in [-0.2, 0) is 36.6 Å². The van der Waals surface area contributed by atoms with Gasteiger partial charge >= 0.3 is 17.9 Å². The summed E-state index contributed by atoms with van der Waals surface area (Å²) in [5.41, 5.74) is 5.21. The van der Waals surface area contributed by atoms with Gasteiger partial charge in [-0.3, -0.25) is 9.36 Å². The van der Waals surface area contributed by atoms with E-state index in [1.165, 1.54) is 27.9 Å². The van der Waals surface area contributed by atoms with Crippen LogP contribution in [0.15, 0.2) is 45.3 Å². The van der Waals surface area contributed by atoms with Crippen LogP contribution < -0.4 is 24.4 Å². The van der Waals surface area contributed by atoms with Crippen LogP contribution in [0.3, 0.4) is 0 Å². The molecule has 0 N–H and O–H groups in total. The summed E-state index contributed by atoms with van der Waals surface area (Å²) >= 11 is 2.86. The van der Waals surface area contributed by atoms with Crippen LogP contribution in [0.25, 0.3) is 11.1 Å². The van der Waals surface area contributed by atoms with Gasteiger partial charge in [0.05, 0.1) is 54.3 Å². The molecule has 1 aliphatic carbocycles. The lowest BCUT2D eigenvalue weighted by Crippen LogP contribution is -2.40. The number of fused-ring (bicyclic) bond motifs is 2. The summed E-state index contributed by atoms with van der Waals surface area (Å²) in [5, 5.41) is 0.838. The Bertz CT molecular complexity index is 2310. The minimum Gasteiger partial charge on any atom is -0.490 e. The number of rotatable bonds is 12. The van der Waals surface area contributed by atoms with Crippen molar-refractivity contribution in [2.45, 2.75) is 73.3 Å². The zero-order chi connectivity index (χ0) is 38.0. The van der Waals surface area contributed by atoms with Gasteiger partial charge in [-0.25, -0.2) is 19.4 Å². The highest BCUT2D eigenvalue weighted by Gasteiger charge is 2.34. The normalized spacial score (nSPS) is 15.4. The number of nitrogens with zero attached hydrogens (tertiary/aromatic N) is 3. The minimum atomic E-state index is -0.890. The van der Waals surface area contributed by atoms with Crippen LogP contribution in [0, 0.1) is 13.8 Å². The standard InChI is InChI=1S/C39H43N3O9S2/c1-8-48-28-18-24(15-16-27(28)51-20-31(43)47-7)34-32(37(45)49-9-2)22(5)40-39-42(34)35(44)30(53-39)19-25-17-21(4)41(23(25)6)36-33(38(46)50-10-3)26-13-11-12-14-29(26)52-36/h15-19,34H,8-14,20H2,1-7H3/b30-19-/t34-/m0/s1. The molecular formula is C39H43N3O9S2. The summed E-state index contributed by atoms with van der Waals surface area (Å²) in [5.74, 6) is -0.815. The number of hydrogen-bond acceptors (Lipinski definition) is 12. The van der Waals surface area contributed by atoms with Gasteiger partial charge < -0.3 is 28.3 Å². The maximum Gasteiger partial charge on any atom is 0.343 e. The molecule has 14 heteroatoms. The van der Waals surface area contributed by atoms with E-state index in [1.807, 2.05) is 39.8 Å². The Kier molecular flexibility index (Phi) is 11.4. The molecule has 0 saturated heterocycles. The molecule has 0 amide bonds. The molecule has 0 unspecified atom stereocenters. The number of carbonyl (C=O) groups is 3. The molecule has 0 radical (unpaired) electrons. The van der Waals surface area contributed by atoms with Crippen LogP contribution in [0.5, 0.6) is 11.5 Å². The van der Waals surface area contributed by atoms with Crippen LogP contribution >= 0.6 is 22.7 Å². The van der Waals surface area contributed by atoms with Crippen LogP contribution in [-0.4, -0.2) is 60.6 Å². The average Bonchev–Trinajstić information content (AvgIpc) is 3.76. The molecule has 6 rings (SSSR count). The first kappa shape index (κ1) is 37.8. The van der Waals surface area contributed by atoms with Gasteiger partial charge in [0.25, 0.3) is 5.56 Å². The zero-order valence-electron chi connectivity index (χ0n) is 31.0. The molecule has 53 heavy (non-hydrogen) atoms. The maximum absolute atomic E-state index is 14.5. The van der Waals surface area contributed by atoms with Crippen molar-refractivity contribution >= 4 is 46.7 Å². The van der Waals surface area contributed by atoms with Crippen molar-refractivity contribution in [1.82, 2.24) is 9.13 Å². The number of ether oxygens (including phenoxy) is 5. The average molecular weight is 762 g/mol. The SMILES string of the molecule is CCOC(=O)C1=C(C)N=c2s/c(=C\c3cc(C)n(-c4sc5c(c4C(=O)OCC)CCCC5)c3C)c(=O)n2[C@H]1c1ccc(OCC(=O)OC)c(OCC)c1. The highest BCUT2D eigenvalue weighted by atomic mass is 32.1. The Hall–Kier alpha value is -4.95. The second kappa shape index (κ2) is 16.0. The number of thiazole rings is 1. The van der Waals surface area contributed by atoms with Crippen LogP contribution in [0.1, 0.15) is 89.9 Å². The van der Waals surface area contributed by atoms with E-state index in [-0.39, 0.29) is 36.9 Å². The summed E-state index contributed by atoms with van der Waals surface area (Å²) in [7, 11) is 1.27. The summed E-state index contributed by atoms with van der Waals surface area (Å²) in [6.45, 7) is 11.4. The van der Waals surface area contributed by atoms with Gasteiger partial charge in [-0.2, -0.15) is 0 Å². The van der Waals surface area contributed by atoms with Gasteiger partial charge in [-0.1, -0.05) is 17.4 Å². The monoisotopic (exact) mass is 761 g/mol. The molecule has 2 aliphatic rings. The van der Waals surface area contributed by atoms with E-state index < -0.39 is 18.0 Å². The predicted molar refractivity (Wildman–Crippen MR) is 201 cm³/mol. The number of carbonyl (C=O) groups excluding carboxylic acids is 3. The van der Waals surface area contributed by atoms with Crippen molar-refractivity contribution in [3.63, 3.8) is 0 Å². The topological polar surface area (TPSA) is 137 Å². The Morgan fingerprint density at radius 1 is 0.925 bits per heavy atom. The van der Waals surface area contributed by atoms with Crippen molar-refractivity contribution in [2.75, 3.05) is 33.5 Å². The van der Waals surface area contributed by atoms with Crippen molar-refractivity contribution in [1.29, 1.82) is 0 Å². The number of allylic oxidation sites excluding steroid dienone is 1. The van der Waals surface area contributed by atoms with E-state index in [1.54, 1.807) is 43.4 Å². The van der Waals surface area contributed by atoms with Crippen molar-refractivity contribution in [3.05, 3.63) is 93.7 Å². The molecule has 1 aromatic carbocycles. The molecule has 4 heterocycles. The number of benzene rings is 1. The molecule has 0 fully saturated rings. The van der Waals surface area contributed by atoms with Gasteiger partial charge in [-0.15, -0.1) is 11.3 Å². The van der Waals surface area contributed by atoms with Crippen molar-refractivity contribution in [2.24, 2.45) is 4.99 Å². The molecule has 0 saturated carbocycles. The number of esters is 3. The largest absolute Gasteiger partial charge is 0.490 e. The van der Waals surface area contributed by atoms with Crippen molar-refractivity contribution in [3.8, 4) is 16.5 Å². The lowest BCUT2D eigenvalue weighted by molar-refractivity contribution is -0.143. The lowest BCUT2D eigenvalue weighted by atomic mass is 9.95. The molecule has 280 valence electrons. The van der Waals surface area contributed by atoms with E-state index in [4.69, 9.17) is 28.7 Å². The van der Waals surface area contributed by atoms with Crippen LogP contribution in [0.4, 0.5) is 0 Å². The Balaban J connectivity index is 1.49. The fourth-order valence-corrected chi connectivity index (χ4v) is 9.42. The van der Waals surface area contributed by atoms with Gasteiger partial charge in [-0.05, 0) is 108 Å². The van der Waals surface area contributed by atoms with Crippen LogP contribution in [0.2, 0.25) is 0 Å². The molecular weight excluding hydrogens is 719 g/mol. The summed E-state index contributed by atoms with van der Waals surface area (Å²) in [6.07, 6.45) is 5.74. The summed E-state index contributed by atoms with van der Waals surface area (Å²) < 4.78 is 31.3. The van der Waals surface area contributed by atoms with Gasteiger partial charge in [0.2, 0.25) is 0 Å². The number of hydrogen-bond donors (Lipinski definition) is 0. The summed E-state index contributed by atoms with van der Waals surface area (Å²) in [6, 6.07) is 6.18. The Labute approximate surface area is 314 Å². The number of aromatic nitrogens is 2. The first-order valence-corrected chi connectivity index (χ1v) is 19.3. The Morgan fingerprint density at radius 3 is 2.38 bits per heavy atom.